The molecule has 1 aromatic carbocycles. The van der Waals surface area contributed by atoms with Crippen molar-refractivity contribution >= 4 is 23.4 Å². The van der Waals surface area contributed by atoms with E-state index in [1.54, 1.807) is 0 Å². The molecule has 3 fully saturated rings. The lowest BCUT2D eigenvalue weighted by atomic mass is 9.80. The number of halogens is 1. The number of piperidine rings is 1. The van der Waals surface area contributed by atoms with Crippen molar-refractivity contribution in [1.82, 2.24) is 9.80 Å². The third-order valence-corrected chi connectivity index (χ3v) is 8.24. The van der Waals surface area contributed by atoms with Crippen LogP contribution in [0.25, 0.3) is 0 Å². The van der Waals surface area contributed by atoms with Gasteiger partial charge in [-0.2, -0.15) is 0 Å². The molecule has 2 saturated heterocycles. The number of oxime groups is 1. The Bertz CT molecular complexity index is 979. The van der Waals surface area contributed by atoms with Crippen molar-refractivity contribution < 1.29 is 24.2 Å². The Morgan fingerprint density at radius 3 is 2.63 bits per heavy atom. The number of amidine groups is 1. The number of hydrogen-bond donors (Lipinski definition) is 1. The van der Waals surface area contributed by atoms with Crippen LogP contribution in [0.3, 0.4) is 0 Å². The van der Waals surface area contributed by atoms with Gasteiger partial charge >= 0.3 is 5.97 Å². The molecule has 0 atom stereocenters. The van der Waals surface area contributed by atoms with Gasteiger partial charge in [0.25, 0.3) is 0 Å². The van der Waals surface area contributed by atoms with Crippen molar-refractivity contribution in [1.29, 1.82) is 0 Å². The zero-order valence-corrected chi connectivity index (χ0v) is 21.5. The third-order valence-electron chi connectivity index (χ3n) is 7.96. The fraction of sp³-hybridized carbons (Fsp3) is 0.692. The molecule has 0 amide bonds. The van der Waals surface area contributed by atoms with Gasteiger partial charge in [-0.1, -0.05) is 16.8 Å². The van der Waals surface area contributed by atoms with Crippen molar-refractivity contribution in [3.8, 4) is 11.5 Å². The number of ether oxygens (including phenoxy) is 2. The van der Waals surface area contributed by atoms with Crippen LogP contribution < -0.4 is 9.47 Å². The van der Waals surface area contributed by atoms with E-state index in [1.165, 1.54) is 12.8 Å². The molecule has 1 aromatic rings. The van der Waals surface area contributed by atoms with Crippen LogP contribution in [0.5, 0.6) is 11.5 Å². The topological polar surface area (TPSA) is 83.8 Å². The lowest BCUT2D eigenvalue weighted by Crippen LogP contribution is -2.61. The fourth-order valence-corrected chi connectivity index (χ4v) is 5.99. The molecular weight excluding hydrogens is 470 g/mol. The van der Waals surface area contributed by atoms with E-state index in [-0.39, 0.29) is 11.7 Å². The summed E-state index contributed by atoms with van der Waals surface area (Å²) in [4.78, 5) is 21.9. The molecule has 5 rings (SSSR count). The van der Waals surface area contributed by atoms with Gasteiger partial charge in [0.15, 0.2) is 17.1 Å². The Morgan fingerprint density at radius 1 is 1.26 bits per heavy atom. The van der Waals surface area contributed by atoms with Crippen LogP contribution in [-0.2, 0) is 16.2 Å². The number of likely N-dealkylation sites (tertiary alicyclic amines) is 2. The van der Waals surface area contributed by atoms with E-state index in [1.807, 2.05) is 19.9 Å². The molecule has 0 bridgehead atoms. The highest BCUT2D eigenvalue weighted by Crippen LogP contribution is 2.41. The van der Waals surface area contributed by atoms with Crippen molar-refractivity contribution in [3.05, 3.63) is 22.7 Å². The Labute approximate surface area is 212 Å². The molecule has 0 aromatic heterocycles. The van der Waals surface area contributed by atoms with Crippen molar-refractivity contribution in [3.63, 3.8) is 0 Å². The molecule has 35 heavy (non-hydrogen) atoms. The predicted molar refractivity (Wildman–Crippen MR) is 133 cm³/mol. The molecule has 1 saturated carbocycles. The monoisotopic (exact) mass is 505 g/mol. The van der Waals surface area contributed by atoms with E-state index in [0.717, 1.165) is 56.0 Å². The molecule has 3 heterocycles. The minimum Gasteiger partial charge on any atom is -0.490 e. The summed E-state index contributed by atoms with van der Waals surface area (Å²) in [6, 6.07) is 4.04. The van der Waals surface area contributed by atoms with Gasteiger partial charge in [0.1, 0.15) is 5.84 Å². The summed E-state index contributed by atoms with van der Waals surface area (Å²) >= 11 is 6.65. The minimum absolute atomic E-state index is 0.222. The highest BCUT2D eigenvalue weighted by Gasteiger charge is 2.51. The van der Waals surface area contributed by atoms with Crippen molar-refractivity contribution in [2.75, 3.05) is 32.8 Å². The van der Waals surface area contributed by atoms with Crippen LogP contribution in [0.2, 0.25) is 5.02 Å². The SMILES string of the molecule is CCOc1cc(CN2CC3(CC(N4CCC(C)(C(=O)O)CC4)=NO3)C2)cc(Cl)c1OC1CCCC1. The van der Waals surface area contributed by atoms with Gasteiger partial charge in [0.2, 0.25) is 0 Å². The maximum absolute atomic E-state index is 11.5. The van der Waals surface area contributed by atoms with Gasteiger partial charge in [-0.15, -0.1) is 0 Å². The highest BCUT2D eigenvalue weighted by molar-refractivity contribution is 6.32. The summed E-state index contributed by atoms with van der Waals surface area (Å²) in [7, 11) is 0. The first-order chi connectivity index (χ1) is 16.8. The Morgan fingerprint density at radius 2 is 1.97 bits per heavy atom. The maximum Gasteiger partial charge on any atom is 0.309 e. The first-order valence-corrected chi connectivity index (χ1v) is 13.2. The summed E-state index contributed by atoms with van der Waals surface area (Å²) in [6.07, 6.45) is 6.79. The summed E-state index contributed by atoms with van der Waals surface area (Å²) in [6.45, 7) is 8.12. The normalized spacial score (nSPS) is 23.6. The van der Waals surface area contributed by atoms with Gasteiger partial charge in [-0.3, -0.25) is 9.69 Å². The molecular formula is C26H36ClN3O5. The minimum atomic E-state index is -0.710. The number of hydrogen-bond acceptors (Lipinski definition) is 7. The van der Waals surface area contributed by atoms with E-state index < -0.39 is 11.4 Å². The summed E-state index contributed by atoms with van der Waals surface area (Å²) in [5.41, 5.74) is 0.178. The second-order valence-corrected chi connectivity index (χ2v) is 11.2. The quantitative estimate of drug-likeness (QED) is 0.582. The van der Waals surface area contributed by atoms with Gasteiger partial charge in [0, 0.05) is 32.7 Å². The average Bonchev–Trinajstić information content (AvgIpc) is 3.47. The van der Waals surface area contributed by atoms with Gasteiger partial charge < -0.3 is 24.3 Å². The van der Waals surface area contributed by atoms with Gasteiger partial charge in [-0.25, -0.2) is 0 Å². The maximum atomic E-state index is 11.5. The summed E-state index contributed by atoms with van der Waals surface area (Å²) < 4.78 is 12.1. The third kappa shape index (κ3) is 5.05. The first kappa shape index (κ1) is 24.5. The van der Waals surface area contributed by atoms with Crippen LogP contribution >= 0.6 is 11.6 Å². The lowest BCUT2D eigenvalue weighted by molar-refractivity contribution is -0.150. The Kier molecular flexibility index (Phi) is 6.79. The van der Waals surface area contributed by atoms with Crippen LogP contribution in [0.1, 0.15) is 64.4 Å². The average molecular weight is 506 g/mol. The van der Waals surface area contributed by atoms with Crippen molar-refractivity contribution in [2.24, 2.45) is 10.6 Å². The molecule has 0 unspecified atom stereocenters. The van der Waals surface area contributed by atoms with E-state index >= 15 is 0 Å². The number of carboxylic acid groups (broad SMARTS) is 1. The number of carboxylic acids is 1. The summed E-state index contributed by atoms with van der Waals surface area (Å²) in [5.74, 6) is 1.63. The standard InChI is InChI=1S/C26H36ClN3O5/c1-3-33-21-13-18(12-20(27)23(21)34-19-6-4-5-7-19)15-29-16-26(17-29)14-22(28-35-26)30-10-8-25(2,9-11-30)24(31)32/h12-13,19H,3-11,14-17H2,1-2H3,(H,31,32). The number of carbonyl (C=O) groups is 1. The zero-order chi connectivity index (χ0) is 24.6. The second-order valence-electron chi connectivity index (χ2n) is 10.8. The van der Waals surface area contributed by atoms with E-state index in [4.69, 9.17) is 25.9 Å². The Balaban J connectivity index is 1.15. The van der Waals surface area contributed by atoms with Crippen LogP contribution in [0.15, 0.2) is 17.3 Å². The zero-order valence-electron chi connectivity index (χ0n) is 20.7. The largest absolute Gasteiger partial charge is 0.490 e. The number of rotatable bonds is 7. The Hall–Kier alpha value is -2.19. The first-order valence-electron chi connectivity index (χ1n) is 12.9. The molecule has 3 aliphatic heterocycles. The molecule has 4 aliphatic rings. The predicted octanol–water partition coefficient (Wildman–Crippen LogP) is 4.54. The van der Waals surface area contributed by atoms with Crippen LogP contribution in [0, 0.1) is 5.41 Å². The van der Waals surface area contributed by atoms with Gasteiger partial charge in [-0.05, 0) is 70.1 Å². The van der Waals surface area contributed by atoms with Crippen LogP contribution in [0.4, 0.5) is 0 Å². The molecule has 192 valence electrons. The molecule has 1 N–H and O–H groups in total. The van der Waals surface area contributed by atoms with E-state index in [9.17, 15) is 9.90 Å². The lowest BCUT2D eigenvalue weighted by Gasteiger charge is -2.45. The smallest absolute Gasteiger partial charge is 0.309 e. The molecule has 8 nitrogen and oxygen atoms in total. The second kappa shape index (κ2) is 9.69. The summed E-state index contributed by atoms with van der Waals surface area (Å²) in [5, 5.41) is 14.5. The fourth-order valence-electron chi connectivity index (χ4n) is 5.72. The molecule has 1 aliphatic carbocycles. The van der Waals surface area contributed by atoms with Crippen LogP contribution in [-0.4, -0.2) is 71.2 Å². The van der Waals surface area contributed by atoms with E-state index in [0.29, 0.717) is 43.3 Å². The molecule has 1 spiro atoms. The number of benzene rings is 1. The number of nitrogens with zero attached hydrogens (tertiary/aromatic N) is 3. The molecule has 0 radical (unpaired) electrons. The highest BCUT2D eigenvalue weighted by atomic mass is 35.5. The van der Waals surface area contributed by atoms with Crippen molar-refractivity contribution in [2.45, 2.75) is 77.0 Å². The van der Waals surface area contributed by atoms with Gasteiger partial charge in [0.05, 0.1) is 29.6 Å². The van der Waals surface area contributed by atoms with E-state index in [2.05, 4.69) is 21.0 Å². The molecule has 9 heteroatoms. The number of aliphatic carboxylic acids is 1.